The summed E-state index contributed by atoms with van der Waals surface area (Å²) in [4.78, 5) is 28.0. The van der Waals surface area contributed by atoms with Gasteiger partial charge in [0.1, 0.15) is 29.6 Å². The Morgan fingerprint density at radius 3 is 2.64 bits per heavy atom. The van der Waals surface area contributed by atoms with E-state index in [2.05, 4.69) is 10.1 Å². The van der Waals surface area contributed by atoms with Gasteiger partial charge in [0.15, 0.2) is 12.0 Å². The molecule has 0 aliphatic carbocycles. The molecule has 1 aliphatic rings. The van der Waals surface area contributed by atoms with E-state index in [1.165, 1.54) is 38.2 Å². The van der Waals surface area contributed by atoms with E-state index in [0.29, 0.717) is 0 Å². The maximum absolute atomic E-state index is 13.5. The fourth-order valence-corrected chi connectivity index (χ4v) is 4.97. The zero-order valence-electron chi connectivity index (χ0n) is 19.8. The van der Waals surface area contributed by atoms with Crippen molar-refractivity contribution in [2.24, 2.45) is 0 Å². The van der Waals surface area contributed by atoms with Crippen LogP contribution in [0.25, 0.3) is 0 Å². The molecule has 6 atom stereocenters. The highest BCUT2D eigenvalue weighted by molar-refractivity contribution is 7.52. The maximum Gasteiger partial charge on any atom is 0.459 e. The molecule has 0 spiro atoms. The number of aromatic nitrogens is 2. The number of nitrogens with one attached hydrogen (secondary N) is 2. The highest BCUT2D eigenvalue weighted by Gasteiger charge is 2.54. The number of carbonyl (C=O) groups excluding carboxylic acids is 1. The number of ether oxygens (including phenoxy) is 2. The number of para-hydroxylation sites is 1. The Balaban J connectivity index is 1.79. The molecule has 14 nitrogen and oxygen atoms in total. The molecule has 0 amide bonds. The van der Waals surface area contributed by atoms with E-state index in [9.17, 15) is 24.4 Å². The summed E-state index contributed by atoms with van der Waals surface area (Å²) >= 11 is 0. The van der Waals surface area contributed by atoms with E-state index >= 15 is 0 Å². The molecule has 0 saturated carbocycles. The van der Waals surface area contributed by atoms with Crippen LogP contribution < -0.4 is 20.8 Å². The van der Waals surface area contributed by atoms with Crippen LogP contribution >= 0.6 is 7.75 Å². The lowest BCUT2D eigenvalue weighted by atomic mass is 9.96. The summed E-state index contributed by atoms with van der Waals surface area (Å²) in [6.45, 7) is 3.83. The SMILES string of the molecule is CCOC(=O)[C@@H](C)NP(=O)(OC[C@H]1O[C@@H](n2ccc(NO)nc2=O)C(C)(O)C1O)Oc1ccccc1. The molecule has 3 rings (SSSR count). The van der Waals surface area contributed by atoms with Gasteiger partial charge in [-0.1, -0.05) is 18.2 Å². The number of anilines is 1. The first-order chi connectivity index (χ1) is 17.0. The van der Waals surface area contributed by atoms with Crippen LogP contribution in [0, 0.1) is 0 Å². The lowest BCUT2D eigenvalue weighted by molar-refractivity contribution is -0.144. The van der Waals surface area contributed by atoms with Crippen LogP contribution in [0.15, 0.2) is 47.4 Å². The van der Waals surface area contributed by atoms with E-state index in [0.717, 1.165) is 4.57 Å². The van der Waals surface area contributed by atoms with Gasteiger partial charge in [0.05, 0.1) is 13.2 Å². The van der Waals surface area contributed by atoms with Gasteiger partial charge in [0.2, 0.25) is 0 Å². The van der Waals surface area contributed by atoms with Crippen LogP contribution in [-0.4, -0.2) is 68.0 Å². The Morgan fingerprint density at radius 2 is 2.03 bits per heavy atom. The second-order valence-electron chi connectivity index (χ2n) is 8.11. The van der Waals surface area contributed by atoms with Crippen LogP contribution in [0.2, 0.25) is 0 Å². The van der Waals surface area contributed by atoms with Gasteiger partial charge < -0.3 is 24.2 Å². The third-order valence-electron chi connectivity index (χ3n) is 5.32. The topological polar surface area (TPSA) is 191 Å². The summed E-state index contributed by atoms with van der Waals surface area (Å²) in [5.41, 5.74) is -1.13. The lowest BCUT2D eigenvalue weighted by Gasteiger charge is -2.27. The van der Waals surface area contributed by atoms with Crippen LogP contribution in [0.3, 0.4) is 0 Å². The summed E-state index contributed by atoms with van der Waals surface area (Å²) in [7, 11) is -4.25. The number of hydrogen-bond acceptors (Lipinski definition) is 12. The minimum absolute atomic E-state index is 0.109. The summed E-state index contributed by atoms with van der Waals surface area (Å²) in [6, 6.07) is 8.23. The molecule has 1 aliphatic heterocycles. The largest absolute Gasteiger partial charge is 0.465 e. The molecule has 3 unspecified atom stereocenters. The number of carbonyl (C=O) groups is 1. The second-order valence-corrected chi connectivity index (χ2v) is 9.81. The van der Waals surface area contributed by atoms with Crippen molar-refractivity contribution >= 4 is 19.5 Å². The monoisotopic (exact) mass is 528 g/mol. The van der Waals surface area contributed by atoms with Crippen LogP contribution in [0.1, 0.15) is 27.0 Å². The van der Waals surface area contributed by atoms with Gasteiger partial charge in [-0.2, -0.15) is 10.1 Å². The third-order valence-corrected chi connectivity index (χ3v) is 6.96. The Kier molecular flexibility index (Phi) is 8.84. The van der Waals surface area contributed by atoms with Crippen molar-refractivity contribution < 1.29 is 43.3 Å². The van der Waals surface area contributed by atoms with E-state index in [-0.39, 0.29) is 18.2 Å². The normalized spacial score (nSPS) is 26.1. The number of hydrogen-bond donors (Lipinski definition) is 5. The van der Waals surface area contributed by atoms with Crippen LogP contribution in [-0.2, 0) is 23.4 Å². The molecule has 1 aromatic carbocycles. The lowest BCUT2D eigenvalue weighted by Crippen LogP contribution is -2.46. The molecule has 2 aromatic rings. The number of benzene rings is 1. The molecule has 5 N–H and O–H groups in total. The van der Waals surface area contributed by atoms with Gasteiger partial charge >= 0.3 is 19.4 Å². The van der Waals surface area contributed by atoms with Crippen molar-refractivity contribution in [1.29, 1.82) is 0 Å². The van der Waals surface area contributed by atoms with Gasteiger partial charge in [-0.3, -0.25) is 24.6 Å². The zero-order valence-corrected chi connectivity index (χ0v) is 20.7. The first-order valence-corrected chi connectivity index (χ1v) is 12.5. The Morgan fingerprint density at radius 1 is 1.33 bits per heavy atom. The molecule has 198 valence electrons. The molecule has 0 bridgehead atoms. The van der Waals surface area contributed by atoms with Gasteiger partial charge in [0, 0.05) is 6.20 Å². The van der Waals surface area contributed by atoms with Crippen molar-refractivity contribution in [1.82, 2.24) is 14.6 Å². The molecular formula is C21H29N4O10P. The Labute approximate surface area is 206 Å². The Bertz CT molecular complexity index is 1150. The predicted molar refractivity (Wildman–Crippen MR) is 124 cm³/mol. The molecule has 36 heavy (non-hydrogen) atoms. The fourth-order valence-electron chi connectivity index (χ4n) is 3.47. The third kappa shape index (κ3) is 6.28. The smallest absolute Gasteiger partial charge is 0.459 e. The quantitative estimate of drug-likeness (QED) is 0.156. The molecule has 1 aromatic heterocycles. The van der Waals surface area contributed by atoms with Gasteiger partial charge in [-0.05, 0) is 39.0 Å². The maximum atomic E-state index is 13.5. The van der Waals surface area contributed by atoms with E-state index in [4.69, 9.17) is 23.7 Å². The predicted octanol–water partition coefficient (Wildman–Crippen LogP) is 0.799. The van der Waals surface area contributed by atoms with Gasteiger partial charge in [-0.15, -0.1) is 0 Å². The Hall–Kier alpha value is -2.84. The zero-order chi connectivity index (χ0) is 26.5. The van der Waals surface area contributed by atoms with E-state index in [1.54, 1.807) is 30.6 Å². The van der Waals surface area contributed by atoms with Crippen molar-refractivity contribution in [3.63, 3.8) is 0 Å². The number of aliphatic hydroxyl groups excluding tert-OH is 1. The number of esters is 1. The van der Waals surface area contributed by atoms with Crippen molar-refractivity contribution in [2.75, 3.05) is 18.7 Å². The molecule has 1 saturated heterocycles. The summed E-state index contributed by atoms with van der Waals surface area (Å²) in [5.74, 6) is -0.640. The number of nitrogens with zero attached hydrogens (tertiary/aromatic N) is 2. The molecule has 2 heterocycles. The first-order valence-electron chi connectivity index (χ1n) is 11.0. The van der Waals surface area contributed by atoms with E-state index < -0.39 is 56.1 Å². The molecule has 1 fully saturated rings. The minimum Gasteiger partial charge on any atom is -0.465 e. The highest BCUT2D eigenvalue weighted by atomic mass is 31.2. The molecule has 0 radical (unpaired) electrons. The first kappa shape index (κ1) is 27.7. The van der Waals surface area contributed by atoms with Crippen LogP contribution in [0.5, 0.6) is 5.75 Å². The summed E-state index contributed by atoms with van der Waals surface area (Å²) in [6.07, 6.45) is -3.04. The highest BCUT2D eigenvalue weighted by Crippen LogP contribution is 2.46. The second kappa shape index (κ2) is 11.5. The average molecular weight is 528 g/mol. The summed E-state index contributed by atoms with van der Waals surface area (Å²) < 4.78 is 36.1. The molecule has 15 heteroatoms. The van der Waals surface area contributed by atoms with Gasteiger partial charge in [0.25, 0.3) is 0 Å². The fraction of sp³-hybridized carbons (Fsp3) is 0.476. The van der Waals surface area contributed by atoms with Gasteiger partial charge in [-0.25, -0.2) is 9.36 Å². The van der Waals surface area contributed by atoms with E-state index in [1.807, 2.05) is 0 Å². The summed E-state index contributed by atoms with van der Waals surface area (Å²) in [5, 5.41) is 33.0. The standard InChI is InChI=1S/C21H29N4O10P/c1-4-32-18(27)13(2)24-36(31,35-14-8-6-5-7-9-14)33-12-15-17(26)21(3,29)19(34-15)25-11-10-16(23-30)22-20(25)28/h5-11,13,15,17,19,26,29-30H,4,12H2,1-3H3,(H,24,31)(H,22,23,28)/t13-,15-,17?,19-,21?,36?/m1/s1. The van der Waals surface area contributed by atoms with Crippen LogP contribution in [0.4, 0.5) is 5.82 Å². The number of rotatable bonds is 11. The molecular weight excluding hydrogens is 499 g/mol. The minimum atomic E-state index is -4.25. The van der Waals surface area contributed by atoms with Crippen molar-refractivity contribution in [2.45, 2.75) is 50.8 Å². The number of aliphatic hydroxyl groups is 2. The van der Waals surface area contributed by atoms with Crippen molar-refractivity contribution in [3.05, 3.63) is 53.1 Å². The van der Waals surface area contributed by atoms with Crippen molar-refractivity contribution in [3.8, 4) is 5.75 Å². The average Bonchev–Trinajstić information content (AvgIpc) is 3.06.